The van der Waals surface area contributed by atoms with Gasteiger partial charge in [-0.3, -0.25) is 9.69 Å². The summed E-state index contributed by atoms with van der Waals surface area (Å²) in [5, 5.41) is 9.49. The van der Waals surface area contributed by atoms with Crippen molar-refractivity contribution in [2.24, 2.45) is 0 Å². The van der Waals surface area contributed by atoms with Gasteiger partial charge < -0.3 is 5.11 Å². The number of nitrogens with zero attached hydrogens (tertiary/aromatic N) is 1. The van der Waals surface area contributed by atoms with Crippen molar-refractivity contribution in [3.05, 3.63) is 35.9 Å². The van der Waals surface area contributed by atoms with Crippen molar-refractivity contribution < 1.29 is 9.90 Å². The van der Waals surface area contributed by atoms with E-state index in [1.807, 2.05) is 37.4 Å². The third kappa shape index (κ3) is 3.80. The Morgan fingerprint density at radius 2 is 1.89 bits per heavy atom. The standard InChI is InChI=1S/C16H23NO2/c1-17(14-10-6-3-7-11-14)15(16(18)19)12-13-8-4-2-5-9-13/h2,4-5,8-9,14-15H,3,6-7,10-12H2,1H3,(H,18,19)/t15-/m0/s1. The second-order valence-corrected chi connectivity index (χ2v) is 5.50. The Morgan fingerprint density at radius 1 is 1.26 bits per heavy atom. The summed E-state index contributed by atoms with van der Waals surface area (Å²) in [5.41, 5.74) is 1.09. The number of carbonyl (C=O) groups is 1. The third-order valence-electron chi connectivity index (χ3n) is 4.20. The molecule has 0 spiro atoms. The summed E-state index contributed by atoms with van der Waals surface area (Å²) in [6.45, 7) is 0. The molecular formula is C16H23NO2. The van der Waals surface area contributed by atoms with Crippen molar-refractivity contribution in [3.8, 4) is 0 Å². The highest BCUT2D eigenvalue weighted by Gasteiger charge is 2.29. The smallest absolute Gasteiger partial charge is 0.321 e. The van der Waals surface area contributed by atoms with Crippen LogP contribution in [-0.4, -0.2) is 35.1 Å². The highest BCUT2D eigenvalue weighted by Crippen LogP contribution is 2.24. The summed E-state index contributed by atoms with van der Waals surface area (Å²) < 4.78 is 0. The summed E-state index contributed by atoms with van der Waals surface area (Å²) in [4.78, 5) is 13.6. The molecule has 0 unspecified atom stereocenters. The van der Waals surface area contributed by atoms with Gasteiger partial charge in [-0.15, -0.1) is 0 Å². The molecule has 0 aliphatic heterocycles. The molecule has 1 fully saturated rings. The predicted molar refractivity (Wildman–Crippen MR) is 76.2 cm³/mol. The van der Waals surface area contributed by atoms with E-state index in [9.17, 15) is 9.90 Å². The molecule has 2 rings (SSSR count). The zero-order valence-electron chi connectivity index (χ0n) is 11.6. The molecule has 0 aromatic heterocycles. The first kappa shape index (κ1) is 14.1. The lowest BCUT2D eigenvalue weighted by Crippen LogP contribution is -2.46. The fraction of sp³-hybridized carbons (Fsp3) is 0.562. The third-order valence-corrected chi connectivity index (χ3v) is 4.20. The van der Waals surface area contributed by atoms with Crippen molar-refractivity contribution >= 4 is 5.97 Å². The van der Waals surface area contributed by atoms with Gasteiger partial charge in [-0.25, -0.2) is 0 Å². The van der Waals surface area contributed by atoms with Gasteiger partial charge in [0.25, 0.3) is 0 Å². The van der Waals surface area contributed by atoms with Gasteiger partial charge in [-0.05, 0) is 31.9 Å². The summed E-state index contributed by atoms with van der Waals surface area (Å²) in [5.74, 6) is -0.711. The first-order valence-corrected chi connectivity index (χ1v) is 7.17. The van der Waals surface area contributed by atoms with Gasteiger partial charge in [0.05, 0.1) is 0 Å². The van der Waals surface area contributed by atoms with E-state index in [2.05, 4.69) is 4.90 Å². The molecule has 1 aliphatic rings. The normalized spacial score (nSPS) is 18.4. The van der Waals surface area contributed by atoms with Crippen LogP contribution < -0.4 is 0 Å². The lowest BCUT2D eigenvalue weighted by molar-refractivity contribution is -0.143. The zero-order valence-corrected chi connectivity index (χ0v) is 11.6. The highest BCUT2D eigenvalue weighted by molar-refractivity contribution is 5.74. The molecule has 1 aromatic carbocycles. The molecule has 1 aromatic rings. The summed E-state index contributed by atoms with van der Waals surface area (Å²) in [7, 11) is 1.97. The number of aliphatic carboxylic acids is 1. The average Bonchev–Trinajstić information content (AvgIpc) is 2.46. The molecule has 1 saturated carbocycles. The Bertz CT molecular complexity index is 398. The molecule has 104 valence electrons. The lowest BCUT2D eigenvalue weighted by atomic mass is 9.92. The number of likely N-dealkylation sites (N-methyl/N-ethyl adjacent to an activating group) is 1. The van der Waals surface area contributed by atoms with Crippen LogP contribution in [0.3, 0.4) is 0 Å². The van der Waals surface area contributed by atoms with Gasteiger partial charge in [-0.1, -0.05) is 49.6 Å². The SMILES string of the molecule is CN(C1CCCCC1)[C@@H](Cc1ccccc1)C(=O)O. The van der Waals surface area contributed by atoms with Crippen molar-refractivity contribution in [3.63, 3.8) is 0 Å². The predicted octanol–water partition coefficient (Wildman–Crippen LogP) is 2.95. The molecule has 0 radical (unpaired) electrons. The minimum atomic E-state index is -0.711. The van der Waals surface area contributed by atoms with E-state index >= 15 is 0 Å². The van der Waals surface area contributed by atoms with E-state index in [0.29, 0.717) is 12.5 Å². The van der Waals surface area contributed by atoms with Crippen molar-refractivity contribution in [1.82, 2.24) is 4.90 Å². The quantitative estimate of drug-likeness (QED) is 0.886. The molecule has 1 N–H and O–H groups in total. The van der Waals surface area contributed by atoms with Crippen molar-refractivity contribution in [1.29, 1.82) is 0 Å². The van der Waals surface area contributed by atoms with E-state index < -0.39 is 12.0 Å². The van der Waals surface area contributed by atoms with Gasteiger partial charge in [0.1, 0.15) is 6.04 Å². The molecule has 0 amide bonds. The van der Waals surface area contributed by atoms with Gasteiger partial charge >= 0.3 is 5.97 Å². The van der Waals surface area contributed by atoms with Crippen LogP contribution in [0.4, 0.5) is 0 Å². The molecule has 3 nitrogen and oxygen atoms in total. The largest absolute Gasteiger partial charge is 0.480 e. The number of rotatable bonds is 5. The summed E-state index contributed by atoms with van der Waals surface area (Å²) in [6.07, 6.45) is 6.60. The number of hydrogen-bond donors (Lipinski definition) is 1. The van der Waals surface area contributed by atoms with Gasteiger partial charge in [-0.2, -0.15) is 0 Å². The second kappa shape index (κ2) is 6.71. The maximum atomic E-state index is 11.5. The zero-order chi connectivity index (χ0) is 13.7. The second-order valence-electron chi connectivity index (χ2n) is 5.50. The Morgan fingerprint density at radius 3 is 2.47 bits per heavy atom. The molecular weight excluding hydrogens is 238 g/mol. The van der Waals surface area contributed by atoms with E-state index in [0.717, 1.165) is 18.4 Å². The van der Waals surface area contributed by atoms with Crippen LogP contribution in [0.5, 0.6) is 0 Å². The number of carboxylic acids is 1. The van der Waals surface area contributed by atoms with Crippen molar-refractivity contribution in [2.75, 3.05) is 7.05 Å². The van der Waals surface area contributed by atoms with Gasteiger partial charge in [0.15, 0.2) is 0 Å². The number of hydrogen-bond acceptors (Lipinski definition) is 2. The highest BCUT2D eigenvalue weighted by atomic mass is 16.4. The van der Waals surface area contributed by atoms with Crippen LogP contribution >= 0.6 is 0 Å². The maximum Gasteiger partial charge on any atom is 0.321 e. The fourth-order valence-electron chi connectivity index (χ4n) is 2.99. The number of carboxylic acid groups (broad SMARTS) is 1. The van der Waals surface area contributed by atoms with Crippen LogP contribution in [0, 0.1) is 0 Å². The Hall–Kier alpha value is -1.35. The monoisotopic (exact) mass is 261 g/mol. The minimum absolute atomic E-state index is 0.412. The number of benzene rings is 1. The molecule has 1 aliphatic carbocycles. The summed E-state index contributed by atoms with van der Waals surface area (Å²) >= 11 is 0. The minimum Gasteiger partial charge on any atom is -0.480 e. The molecule has 3 heteroatoms. The maximum absolute atomic E-state index is 11.5. The first-order chi connectivity index (χ1) is 9.18. The lowest BCUT2D eigenvalue weighted by Gasteiger charge is -2.35. The molecule has 0 saturated heterocycles. The van der Waals surface area contributed by atoms with Crippen molar-refractivity contribution in [2.45, 2.75) is 50.6 Å². The van der Waals surface area contributed by atoms with Crippen LogP contribution in [0.15, 0.2) is 30.3 Å². The van der Waals surface area contributed by atoms with Gasteiger partial charge in [0.2, 0.25) is 0 Å². The average molecular weight is 261 g/mol. The summed E-state index contributed by atoms with van der Waals surface area (Å²) in [6, 6.07) is 9.92. The van der Waals surface area contributed by atoms with E-state index in [-0.39, 0.29) is 0 Å². The Balaban J connectivity index is 2.04. The van der Waals surface area contributed by atoms with Crippen LogP contribution in [0.1, 0.15) is 37.7 Å². The van der Waals surface area contributed by atoms with E-state index in [1.54, 1.807) is 0 Å². The first-order valence-electron chi connectivity index (χ1n) is 7.17. The fourth-order valence-corrected chi connectivity index (χ4v) is 2.99. The van der Waals surface area contributed by atoms with Crippen LogP contribution in [0.25, 0.3) is 0 Å². The molecule has 0 heterocycles. The van der Waals surface area contributed by atoms with Crippen LogP contribution in [0.2, 0.25) is 0 Å². The Labute approximate surface area is 115 Å². The molecule has 0 bridgehead atoms. The van der Waals surface area contributed by atoms with Crippen LogP contribution in [-0.2, 0) is 11.2 Å². The topological polar surface area (TPSA) is 40.5 Å². The molecule has 1 atom stereocenters. The Kier molecular flexibility index (Phi) is 4.97. The van der Waals surface area contributed by atoms with E-state index in [1.165, 1.54) is 19.3 Å². The molecule has 19 heavy (non-hydrogen) atoms. The van der Waals surface area contributed by atoms with Gasteiger partial charge in [0, 0.05) is 6.04 Å². The van der Waals surface area contributed by atoms with E-state index in [4.69, 9.17) is 0 Å².